The van der Waals surface area contributed by atoms with Crippen LogP contribution >= 0.6 is 0 Å². The quantitative estimate of drug-likeness (QED) is 0.0251. The molecule has 6 heterocycles. The van der Waals surface area contributed by atoms with Crippen molar-refractivity contribution < 1.29 is 212 Å². The van der Waals surface area contributed by atoms with E-state index in [1.54, 1.807) is 6.92 Å². The smallest absolute Gasteiger partial charge is 0.236 e. The summed E-state index contributed by atoms with van der Waals surface area (Å²) in [5.41, 5.74) is 5.53. The van der Waals surface area contributed by atoms with E-state index >= 15 is 0 Å². The lowest BCUT2D eigenvalue weighted by atomic mass is 9.99. The van der Waals surface area contributed by atoms with Crippen LogP contribution in [0.4, 0.5) is 0 Å². The van der Waals surface area contributed by atoms with Gasteiger partial charge in [0.05, 0.1) is 124 Å². The molecular formula is C81H146N10O43. The van der Waals surface area contributed by atoms with Crippen LogP contribution < -0.4 is 32.3 Å². The van der Waals surface area contributed by atoms with Gasteiger partial charge < -0.3 is 211 Å². The minimum Gasteiger partial charge on any atom is -0.394 e. The van der Waals surface area contributed by atoms with Crippen molar-refractivity contribution in [1.82, 2.24) is 46.2 Å². The molecule has 29 N–H and O–H groups in total. The summed E-state index contributed by atoms with van der Waals surface area (Å²) >= 11 is 0. The minimum atomic E-state index is -1.77. The van der Waals surface area contributed by atoms with Gasteiger partial charge in [-0.2, -0.15) is 0 Å². The molecule has 0 radical (unpaired) electrons. The number of amides is 7. The highest BCUT2D eigenvalue weighted by Crippen LogP contribution is 2.29. The molecule has 31 atom stereocenters. The Labute approximate surface area is 773 Å². The monoisotopic (exact) mass is 1950 g/mol. The van der Waals surface area contributed by atoms with Crippen molar-refractivity contribution in [2.75, 3.05) is 164 Å². The molecule has 778 valence electrons. The number of nitrogens with two attached hydrogens (primary N) is 1. The first-order valence-corrected chi connectivity index (χ1v) is 45.1. The third-order valence-corrected chi connectivity index (χ3v) is 22.9. The Balaban J connectivity index is 0.000000477. The van der Waals surface area contributed by atoms with Crippen molar-refractivity contribution in [3.8, 4) is 0 Å². The molecule has 0 aromatic carbocycles. The van der Waals surface area contributed by atoms with Crippen LogP contribution in [0.15, 0.2) is 0 Å². The molecule has 0 saturated carbocycles. The second kappa shape index (κ2) is 62.3. The normalized spacial score (nSPS) is 32.4. The summed E-state index contributed by atoms with van der Waals surface area (Å²) in [6.07, 6.45) is -39.2. The number of ether oxygens (including phenoxy) is 12. The lowest BCUT2D eigenvalue weighted by Crippen LogP contribution is -2.59. The largest absolute Gasteiger partial charge is 0.394 e. The van der Waals surface area contributed by atoms with Crippen molar-refractivity contribution in [2.45, 2.75) is 295 Å². The summed E-state index contributed by atoms with van der Waals surface area (Å²) in [6.45, 7) is -2.52. The Bertz CT molecular complexity index is 3330. The maximum atomic E-state index is 14.1. The molecule has 0 aromatic heterocycles. The summed E-state index contributed by atoms with van der Waals surface area (Å²) in [5.74, 6) is -4.20. The number of nitrogens with one attached hydrogen (secondary N) is 5. The standard InChI is InChI=1S/C43H78N6O22.C38H68N4O21/c1-23(52)25(8-5-6-10-44)47-28(53)9-4-3-7-11-45-29(54)18-48(19-30(55)46-12-15-66-41-38(63)35(60)32(57)24(2)69-41)20-31(56)49(13-16-67-42-39(64)36(61)33(58)26(21-50)70-42)14-17-68-43-40(65)37(62)34(59)27(22-51)71-43;1-3-21(45)7-5-4-6-8-39-24(46)15-41(16-25(47)40-9-12-58-36-33(55)30(52)27(49)20(2)61-36)17-26(48)42(10-13-59-37-34(56)31(53)28(50)22(18-43)62-37)11-14-60-38-35(57)32(54)29(51)23(19-44)63-38/h24-27,32-43,50-51,57-65H,3-22,44H2,1-2H3,(H,45,54)(H,46,55)(H,47,53);20,22-23,27-38,43-44,49-57H,3-19H2,1-2H3,(H,39,46)(H,40,47)/t24-,25-,26+,27+,32+,33+,34+,35+,36-,37-,38-,39-,40-,41-,42?,43?;20-,22+,23+,27+,28+,29+,30+,31-,32-,33-,34-,35-,36-,37?,38?/m00/s1. The number of unbranched alkanes of at least 4 members (excludes halogenated alkanes) is 5. The summed E-state index contributed by atoms with van der Waals surface area (Å²) in [5, 5.41) is 235. The fraction of sp³-hybridized carbons (Fsp3) is 0.889. The van der Waals surface area contributed by atoms with Gasteiger partial charge in [-0.3, -0.25) is 53.0 Å². The Morgan fingerprint density at radius 2 is 0.612 bits per heavy atom. The van der Waals surface area contributed by atoms with E-state index in [9.17, 15) is 155 Å². The zero-order valence-corrected chi connectivity index (χ0v) is 75.8. The number of rotatable bonds is 59. The van der Waals surface area contributed by atoms with Gasteiger partial charge in [-0.05, 0) is 72.3 Å². The molecule has 0 bridgehead atoms. The van der Waals surface area contributed by atoms with Crippen LogP contribution in [0.3, 0.4) is 0 Å². The first-order chi connectivity index (χ1) is 63.7. The Morgan fingerprint density at radius 1 is 0.328 bits per heavy atom. The van der Waals surface area contributed by atoms with Crippen LogP contribution in [0, 0.1) is 0 Å². The highest BCUT2D eigenvalue weighted by molar-refractivity contribution is 5.88. The highest BCUT2D eigenvalue weighted by Gasteiger charge is 2.50. The van der Waals surface area contributed by atoms with E-state index < -0.39 is 305 Å². The van der Waals surface area contributed by atoms with Crippen LogP contribution in [0.5, 0.6) is 0 Å². The third-order valence-electron chi connectivity index (χ3n) is 22.9. The number of hydrogen-bond acceptors (Lipinski definition) is 46. The zero-order chi connectivity index (χ0) is 99.6. The molecule has 0 aromatic rings. The van der Waals surface area contributed by atoms with Crippen molar-refractivity contribution in [1.29, 1.82) is 0 Å². The topological polar surface area (TPSA) is 809 Å². The lowest BCUT2D eigenvalue weighted by molar-refractivity contribution is -0.303. The van der Waals surface area contributed by atoms with Crippen LogP contribution in [-0.2, 0) is 100.0 Å². The van der Waals surface area contributed by atoms with E-state index in [1.807, 2.05) is 0 Å². The number of carbonyl (C=O) groups excluding carboxylic acids is 9. The molecule has 53 heteroatoms. The van der Waals surface area contributed by atoms with Gasteiger partial charge in [0.15, 0.2) is 43.5 Å². The molecule has 134 heavy (non-hydrogen) atoms. The number of nitrogens with zero attached hydrogens (tertiary/aromatic N) is 4. The molecule has 53 nitrogen and oxygen atoms in total. The van der Waals surface area contributed by atoms with Gasteiger partial charge in [-0.15, -0.1) is 0 Å². The van der Waals surface area contributed by atoms with Gasteiger partial charge in [-0.25, -0.2) is 0 Å². The molecular weight excluding hydrogens is 1800 g/mol. The van der Waals surface area contributed by atoms with E-state index in [-0.39, 0.29) is 103 Å². The van der Waals surface area contributed by atoms with E-state index in [0.29, 0.717) is 70.8 Å². The minimum absolute atomic E-state index is 0.132. The van der Waals surface area contributed by atoms with Crippen LogP contribution in [0.25, 0.3) is 0 Å². The molecule has 6 fully saturated rings. The Hall–Kier alpha value is -5.85. The second-order valence-corrected chi connectivity index (χ2v) is 33.4. The first-order valence-electron chi connectivity index (χ1n) is 45.1. The molecule has 6 aliphatic heterocycles. The summed E-state index contributed by atoms with van der Waals surface area (Å²) in [7, 11) is 0. The van der Waals surface area contributed by atoms with E-state index in [4.69, 9.17) is 62.6 Å². The predicted molar refractivity (Wildman–Crippen MR) is 451 cm³/mol. The molecule has 6 aliphatic rings. The maximum absolute atomic E-state index is 14.1. The maximum Gasteiger partial charge on any atom is 0.236 e. The van der Waals surface area contributed by atoms with Crippen molar-refractivity contribution in [2.24, 2.45) is 5.73 Å². The number of carbonyl (C=O) groups is 9. The number of hydrogen-bond donors (Lipinski definition) is 28. The first kappa shape index (κ1) is 119. The molecule has 6 rings (SSSR count). The van der Waals surface area contributed by atoms with Gasteiger partial charge in [0.2, 0.25) is 41.4 Å². The van der Waals surface area contributed by atoms with Gasteiger partial charge in [0, 0.05) is 71.6 Å². The van der Waals surface area contributed by atoms with Crippen molar-refractivity contribution in [3.05, 3.63) is 0 Å². The summed E-state index contributed by atoms with van der Waals surface area (Å²) < 4.78 is 65.5. The average Bonchev–Trinajstić information content (AvgIpc) is 0.885. The summed E-state index contributed by atoms with van der Waals surface area (Å²) in [6, 6.07) is -0.597. The molecule has 0 aliphatic carbocycles. The predicted octanol–water partition coefficient (Wildman–Crippen LogP) is -16.0. The third kappa shape index (κ3) is 39.0. The van der Waals surface area contributed by atoms with Gasteiger partial charge >= 0.3 is 0 Å². The summed E-state index contributed by atoms with van der Waals surface area (Å²) in [4.78, 5) is 122. The number of ketones is 2. The average molecular weight is 1950 g/mol. The van der Waals surface area contributed by atoms with Gasteiger partial charge in [-0.1, -0.05) is 19.8 Å². The SMILES string of the molecule is CC(=O)[C@H](CCCCN)NC(=O)CCCCCNC(=O)CN(CC(=O)NCCO[C@H]1O[C@@H](C)[C@@H](O)[C@@H](O)[C@@H]1O)CC(=O)N(CCOC1O[C@H](CO)[C@@H](O)[C@H](O)[C@@H]1O)CCOC1O[C@H](CO)[C@@H](O)[C@H](O)[C@@H]1O.CCC(=O)CCCCCNC(=O)CN(CC(=O)NCCO[C@H]1O[C@@H](C)[C@@H](O)[C@@H](O)[C@@H]1O)CC(=O)N(CCOC1O[C@H](CO)[C@@H](O)[C@H](O)[C@@H]1O)CCOC1O[C@H](CO)[C@@H](O)[C@H](O)[C@@H]1O. The lowest BCUT2D eigenvalue weighted by Gasteiger charge is -2.40. The highest BCUT2D eigenvalue weighted by atomic mass is 16.7. The fourth-order valence-electron chi connectivity index (χ4n) is 14.6. The molecule has 6 saturated heterocycles. The second-order valence-electron chi connectivity index (χ2n) is 33.4. The molecule has 0 spiro atoms. The van der Waals surface area contributed by atoms with E-state index in [1.165, 1.54) is 30.6 Å². The van der Waals surface area contributed by atoms with E-state index in [2.05, 4.69) is 26.6 Å². The number of Topliss-reactive ketones (excluding diaryl/α,β-unsaturated/α-hetero) is 2. The molecule has 7 amide bonds. The number of aliphatic hydroxyl groups is 22. The molecule has 4 unspecified atom stereocenters. The van der Waals surface area contributed by atoms with Crippen LogP contribution in [0.2, 0.25) is 0 Å². The zero-order valence-electron chi connectivity index (χ0n) is 75.8. The Kier molecular flexibility index (Phi) is 55.2. The van der Waals surface area contributed by atoms with Gasteiger partial charge in [0.1, 0.15) is 140 Å². The van der Waals surface area contributed by atoms with Crippen molar-refractivity contribution in [3.63, 3.8) is 0 Å². The van der Waals surface area contributed by atoms with Crippen LogP contribution in [0.1, 0.15) is 105 Å². The van der Waals surface area contributed by atoms with Crippen LogP contribution in [-0.4, -0.2) is 539 Å². The van der Waals surface area contributed by atoms with Crippen molar-refractivity contribution >= 4 is 52.9 Å². The Morgan fingerprint density at radius 3 is 0.903 bits per heavy atom. The van der Waals surface area contributed by atoms with E-state index in [0.717, 1.165) is 16.2 Å². The fourth-order valence-corrected chi connectivity index (χ4v) is 14.6. The number of aliphatic hydroxyl groups excluding tert-OH is 22. The van der Waals surface area contributed by atoms with Gasteiger partial charge in [0.25, 0.3) is 0 Å².